The van der Waals surface area contributed by atoms with E-state index in [0.717, 1.165) is 5.56 Å². The second kappa shape index (κ2) is 5.51. The molecule has 0 aliphatic heterocycles. The number of hydrogen-bond donors (Lipinski definition) is 1. The highest BCUT2D eigenvalue weighted by Crippen LogP contribution is 2.17. The minimum atomic E-state index is -0.350. The maximum atomic E-state index is 11.7. The van der Waals surface area contributed by atoms with Crippen LogP contribution in [0.25, 0.3) is 0 Å². The van der Waals surface area contributed by atoms with Crippen molar-refractivity contribution < 1.29 is 9.53 Å². The summed E-state index contributed by atoms with van der Waals surface area (Å²) in [5, 5.41) is 0. The molecule has 0 spiro atoms. The van der Waals surface area contributed by atoms with E-state index in [1.54, 1.807) is 6.07 Å². The molecule has 1 aromatic rings. The minimum absolute atomic E-state index is 0.350. The van der Waals surface area contributed by atoms with Crippen LogP contribution in [-0.4, -0.2) is 38.1 Å². The standard InChI is InChI=1S/C12H18N2O2/c1-9-5-4-6-10(13)11(9)12(15)16-8-7-14(2)3/h4-6H,7-8,13H2,1-3H3. The van der Waals surface area contributed by atoms with Crippen molar-refractivity contribution in [1.82, 2.24) is 4.90 Å². The van der Waals surface area contributed by atoms with Gasteiger partial charge in [0.25, 0.3) is 0 Å². The lowest BCUT2D eigenvalue weighted by Crippen LogP contribution is -2.20. The van der Waals surface area contributed by atoms with E-state index in [1.807, 2.05) is 38.1 Å². The van der Waals surface area contributed by atoms with Crippen molar-refractivity contribution in [2.45, 2.75) is 6.92 Å². The third-order valence-corrected chi connectivity index (χ3v) is 2.28. The number of nitrogens with zero attached hydrogens (tertiary/aromatic N) is 1. The summed E-state index contributed by atoms with van der Waals surface area (Å²) in [6.45, 7) is 2.93. The second-order valence-corrected chi connectivity index (χ2v) is 3.98. The van der Waals surface area contributed by atoms with Crippen molar-refractivity contribution >= 4 is 11.7 Å². The summed E-state index contributed by atoms with van der Waals surface area (Å²) in [5.74, 6) is -0.350. The molecular formula is C12H18N2O2. The first-order valence-corrected chi connectivity index (χ1v) is 5.19. The van der Waals surface area contributed by atoms with E-state index >= 15 is 0 Å². The Hall–Kier alpha value is -1.55. The largest absolute Gasteiger partial charge is 0.461 e. The molecule has 0 fully saturated rings. The fourth-order valence-electron chi connectivity index (χ4n) is 1.36. The zero-order valence-electron chi connectivity index (χ0n) is 9.99. The summed E-state index contributed by atoms with van der Waals surface area (Å²) in [6.07, 6.45) is 0. The summed E-state index contributed by atoms with van der Waals surface area (Å²) in [5.41, 5.74) is 7.53. The minimum Gasteiger partial charge on any atom is -0.461 e. The molecule has 0 heterocycles. The van der Waals surface area contributed by atoms with Gasteiger partial charge < -0.3 is 15.4 Å². The smallest absolute Gasteiger partial charge is 0.340 e. The molecule has 0 saturated carbocycles. The van der Waals surface area contributed by atoms with Gasteiger partial charge in [0.1, 0.15) is 6.61 Å². The van der Waals surface area contributed by atoms with Gasteiger partial charge in [-0.3, -0.25) is 0 Å². The van der Waals surface area contributed by atoms with Crippen LogP contribution < -0.4 is 5.73 Å². The molecular weight excluding hydrogens is 204 g/mol. The van der Waals surface area contributed by atoms with Gasteiger partial charge in [-0.25, -0.2) is 4.79 Å². The van der Waals surface area contributed by atoms with E-state index in [4.69, 9.17) is 10.5 Å². The number of ether oxygens (including phenoxy) is 1. The van der Waals surface area contributed by atoms with Crippen LogP contribution in [0.4, 0.5) is 5.69 Å². The number of nitrogen functional groups attached to an aromatic ring is 1. The number of carbonyl (C=O) groups is 1. The molecule has 1 rings (SSSR count). The predicted octanol–water partition coefficient (Wildman–Crippen LogP) is 1.30. The molecule has 4 heteroatoms. The Morgan fingerprint density at radius 3 is 2.69 bits per heavy atom. The highest BCUT2D eigenvalue weighted by molar-refractivity contribution is 5.96. The van der Waals surface area contributed by atoms with Gasteiger partial charge >= 0.3 is 5.97 Å². The molecule has 88 valence electrons. The Labute approximate surface area is 96.0 Å². The van der Waals surface area contributed by atoms with Gasteiger partial charge in [-0.2, -0.15) is 0 Å². The fourth-order valence-corrected chi connectivity index (χ4v) is 1.36. The van der Waals surface area contributed by atoms with Gasteiger partial charge in [-0.05, 0) is 32.6 Å². The normalized spacial score (nSPS) is 10.5. The topological polar surface area (TPSA) is 55.6 Å². The maximum Gasteiger partial charge on any atom is 0.340 e. The number of aryl methyl sites for hydroxylation is 1. The van der Waals surface area contributed by atoms with E-state index in [0.29, 0.717) is 24.4 Å². The van der Waals surface area contributed by atoms with Gasteiger partial charge in [0, 0.05) is 12.2 Å². The van der Waals surface area contributed by atoms with Gasteiger partial charge in [0.2, 0.25) is 0 Å². The van der Waals surface area contributed by atoms with Crippen molar-refractivity contribution in [1.29, 1.82) is 0 Å². The quantitative estimate of drug-likeness (QED) is 0.616. The number of hydrogen-bond acceptors (Lipinski definition) is 4. The highest BCUT2D eigenvalue weighted by atomic mass is 16.5. The third kappa shape index (κ3) is 3.24. The molecule has 1 aromatic carbocycles. The zero-order chi connectivity index (χ0) is 12.1. The second-order valence-electron chi connectivity index (χ2n) is 3.98. The number of rotatable bonds is 4. The van der Waals surface area contributed by atoms with Crippen LogP contribution >= 0.6 is 0 Å². The van der Waals surface area contributed by atoms with Crippen molar-refractivity contribution in [3.05, 3.63) is 29.3 Å². The SMILES string of the molecule is Cc1cccc(N)c1C(=O)OCCN(C)C. The molecule has 0 amide bonds. The predicted molar refractivity (Wildman–Crippen MR) is 64.4 cm³/mol. The van der Waals surface area contributed by atoms with Crippen molar-refractivity contribution in [3.63, 3.8) is 0 Å². The number of anilines is 1. The molecule has 0 aliphatic rings. The summed E-state index contributed by atoms with van der Waals surface area (Å²) >= 11 is 0. The van der Waals surface area contributed by atoms with Crippen LogP contribution in [0.3, 0.4) is 0 Å². The Morgan fingerprint density at radius 2 is 2.12 bits per heavy atom. The fraction of sp³-hybridized carbons (Fsp3) is 0.417. The number of carbonyl (C=O) groups excluding carboxylic acids is 1. The van der Waals surface area contributed by atoms with E-state index in [2.05, 4.69) is 0 Å². The number of likely N-dealkylation sites (N-methyl/N-ethyl adjacent to an activating group) is 1. The number of esters is 1. The first kappa shape index (κ1) is 12.5. The van der Waals surface area contributed by atoms with Crippen LogP contribution in [0.1, 0.15) is 15.9 Å². The summed E-state index contributed by atoms with van der Waals surface area (Å²) in [7, 11) is 3.85. The maximum absolute atomic E-state index is 11.7. The lowest BCUT2D eigenvalue weighted by Gasteiger charge is -2.12. The Balaban J connectivity index is 2.66. The van der Waals surface area contributed by atoms with E-state index in [-0.39, 0.29) is 5.97 Å². The van der Waals surface area contributed by atoms with Crippen LogP contribution in [0.15, 0.2) is 18.2 Å². The van der Waals surface area contributed by atoms with E-state index in [9.17, 15) is 4.79 Å². The molecule has 0 unspecified atom stereocenters. The van der Waals surface area contributed by atoms with E-state index < -0.39 is 0 Å². The number of nitrogens with two attached hydrogens (primary N) is 1. The van der Waals surface area contributed by atoms with Crippen molar-refractivity contribution in [2.75, 3.05) is 33.0 Å². The Morgan fingerprint density at radius 1 is 1.44 bits per heavy atom. The van der Waals surface area contributed by atoms with Gasteiger partial charge in [-0.15, -0.1) is 0 Å². The molecule has 16 heavy (non-hydrogen) atoms. The van der Waals surface area contributed by atoms with E-state index in [1.165, 1.54) is 0 Å². The number of benzene rings is 1. The highest BCUT2D eigenvalue weighted by Gasteiger charge is 2.13. The molecule has 4 nitrogen and oxygen atoms in total. The summed E-state index contributed by atoms with van der Waals surface area (Å²) in [6, 6.07) is 5.37. The molecule has 0 aliphatic carbocycles. The molecule has 0 radical (unpaired) electrons. The first-order chi connectivity index (χ1) is 7.52. The summed E-state index contributed by atoms with van der Waals surface area (Å²) < 4.78 is 5.14. The van der Waals surface area contributed by atoms with Crippen LogP contribution in [0.2, 0.25) is 0 Å². The van der Waals surface area contributed by atoms with Crippen LogP contribution in [-0.2, 0) is 4.74 Å². The van der Waals surface area contributed by atoms with Crippen LogP contribution in [0.5, 0.6) is 0 Å². The van der Waals surface area contributed by atoms with Crippen LogP contribution in [0, 0.1) is 6.92 Å². The summed E-state index contributed by atoms with van der Waals surface area (Å²) in [4.78, 5) is 13.7. The average molecular weight is 222 g/mol. The Kier molecular flexibility index (Phi) is 4.31. The Bertz CT molecular complexity index is 355. The molecule has 2 N–H and O–H groups in total. The third-order valence-electron chi connectivity index (χ3n) is 2.28. The van der Waals surface area contributed by atoms with Crippen molar-refractivity contribution in [3.8, 4) is 0 Å². The lowest BCUT2D eigenvalue weighted by atomic mass is 10.1. The average Bonchev–Trinajstić information content (AvgIpc) is 2.16. The molecule has 0 atom stereocenters. The lowest BCUT2D eigenvalue weighted by molar-refractivity contribution is 0.0482. The van der Waals surface area contributed by atoms with Gasteiger partial charge in [0.15, 0.2) is 0 Å². The van der Waals surface area contributed by atoms with Gasteiger partial charge in [-0.1, -0.05) is 12.1 Å². The zero-order valence-corrected chi connectivity index (χ0v) is 9.99. The monoisotopic (exact) mass is 222 g/mol. The molecule has 0 bridgehead atoms. The molecule has 0 aromatic heterocycles. The van der Waals surface area contributed by atoms with Gasteiger partial charge in [0.05, 0.1) is 5.56 Å². The van der Waals surface area contributed by atoms with Crippen molar-refractivity contribution in [2.24, 2.45) is 0 Å². The first-order valence-electron chi connectivity index (χ1n) is 5.19. The molecule has 0 saturated heterocycles.